The number of benzene rings is 4. The van der Waals surface area contributed by atoms with Gasteiger partial charge in [-0.1, -0.05) is 99.6 Å². The molecule has 0 saturated carbocycles. The molecular weight excluding hydrogens is 288 g/mol. The van der Waals surface area contributed by atoms with E-state index in [4.69, 9.17) is 0 Å². The van der Waals surface area contributed by atoms with Gasteiger partial charge in [0.2, 0.25) is 0 Å². The highest BCUT2D eigenvalue weighted by Crippen LogP contribution is 2.34. The van der Waals surface area contributed by atoms with Crippen LogP contribution < -0.4 is 0 Å². The molecule has 122 valence electrons. The van der Waals surface area contributed by atoms with Crippen LogP contribution in [0.2, 0.25) is 0 Å². The molecule has 4 rings (SSSR count). The predicted molar refractivity (Wildman–Crippen MR) is 110 cm³/mol. The molecule has 0 aliphatic rings. The molecule has 0 bridgehead atoms. The third-order valence-corrected chi connectivity index (χ3v) is 4.10. The molecule has 4 aromatic carbocycles. The second-order valence-electron chi connectivity index (χ2n) is 5.56. The van der Waals surface area contributed by atoms with Crippen LogP contribution in [0.3, 0.4) is 0 Å². The van der Waals surface area contributed by atoms with Gasteiger partial charge in [-0.3, -0.25) is 0 Å². The quantitative estimate of drug-likeness (QED) is 0.317. The minimum absolute atomic E-state index is 0. The Morgan fingerprint density at radius 1 is 0.583 bits per heavy atom. The van der Waals surface area contributed by atoms with Crippen LogP contribution in [0, 0.1) is 6.92 Å². The van der Waals surface area contributed by atoms with E-state index >= 15 is 0 Å². The first-order valence-corrected chi connectivity index (χ1v) is 8.30. The molecule has 0 atom stereocenters. The van der Waals surface area contributed by atoms with E-state index in [1.54, 1.807) is 0 Å². The summed E-state index contributed by atoms with van der Waals surface area (Å²) in [5, 5.41) is 5.27. The van der Waals surface area contributed by atoms with Crippen molar-refractivity contribution in [3.63, 3.8) is 0 Å². The maximum absolute atomic E-state index is 2.31. The summed E-state index contributed by atoms with van der Waals surface area (Å²) in [6.45, 7) is 6.15. The van der Waals surface area contributed by atoms with Crippen molar-refractivity contribution in [2.45, 2.75) is 28.2 Å². The molecule has 0 aliphatic heterocycles. The van der Waals surface area contributed by atoms with E-state index in [0.717, 1.165) is 0 Å². The van der Waals surface area contributed by atoms with E-state index in [1.807, 2.05) is 13.8 Å². The van der Waals surface area contributed by atoms with Crippen molar-refractivity contribution in [2.24, 2.45) is 0 Å². The zero-order valence-electron chi connectivity index (χ0n) is 14.0. The third-order valence-electron chi connectivity index (χ3n) is 4.10. The van der Waals surface area contributed by atoms with Crippen LogP contribution in [0.5, 0.6) is 0 Å². The summed E-state index contributed by atoms with van der Waals surface area (Å²) >= 11 is 0. The Morgan fingerprint density at radius 2 is 1.21 bits per heavy atom. The van der Waals surface area contributed by atoms with Crippen LogP contribution in [0.1, 0.15) is 26.8 Å². The van der Waals surface area contributed by atoms with Crippen LogP contribution in [0.15, 0.2) is 78.9 Å². The Hall–Kier alpha value is -2.60. The molecule has 0 heterocycles. The molecule has 0 unspecified atom stereocenters. The van der Waals surface area contributed by atoms with Crippen LogP contribution >= 0.6 is 0 Å². The van der Waals surface area contributed by atoms with Crippen molar-refractivity contribution in [3.8, 4) is 11.1 Å². The number of rotatable bonds is 1. The largest absolute Gasteiger partial charge is 0.0776 e. The predicted octanol–water partition coefficient (Wildman–Crippen LogP) is 7.63. The van der Waals surface area contributed by atoms with Gasteiger partial charge in [-0.05, 0) is 45.7 Å². The molecule has 0 radical (unpaired) electrons. The average molecular weight is 314 g/mol. The van der Waals surface area contributed by atoms with Gasteiger partial charge in [-0.25, -0.2) is 0 Å². The summed E-state index contributed by atoms with van der Waals surface area (Å²) in [5.74, 6) is 0. The highest BCUT2D eigenvalue weighted by atomic mass is 14.1. The van der Waals surface area contributed by atoms with Crippen molar-refractivity contribution >= 4 is 21.5 Å². The lowest BCUT2D eigenvalue weighted by Crippen LogP contribution is -1.85. The molecule has 0 N–H and O–H groups in total. The molecular formula is C24H26. The lowest BCUT2D eigenvalue weighted by Gasteiger charge is -2.11. The molecule has 24 heavy (non-hydrogen) atoms. The minimum atomic E-state index is 0. The zero-order valence-corrected chi connectivity index (χ0v) is 14.0. The normalized spacial score (nSPS) is 9.96. The summed E-state index contributed by atoms with van der Waals surface area (Å²) in [6, 6.07) is 28.4. The van der Waals surface area contributed by atoms with E-state index in [2.05, 4.69) is 85.8 Å². The van der Waals surface area contributed by atoms with Crippen molar-refractivity contribution in [3.05, 3.63) is 84.4 Å². The zero-order chi connectivity index (χ0) is 16.2. The lowest BCUT2D eigenvalue weighted by atomic mass is 9.93. The molecule has 0 amide bonds. The Balaban J connectivity index is 0.000000670. The second-order valence-corrected chi connectivity index (χ2v) is 5.56. The van der Waals surface area contributed by atoms with Crippen LogP contribution in [0.25, 0.3) is 32.7 Å². The van der Waals surface area contributed by atoms with Gasteiger partial charge in [0, 0.05) is 0 Å². The Kier molecular flexibility index (Phi) is 5.76. The molecule has 0 nitrogen and oxygen atoms in total. The molecule has 0 saturated heterocycles. The maximum atomic E-state index is 2.31. The van der Waals surface area contributed by atoms with Gasteiger partial charge in [0.1, 0.15) is 0 Å². The van der Waals surface area contributed by atoms with Crippen molar-refractivity contribution in [1.29, 1.82) is 0 Å². The van der Waals surface area contributed by atoms with Gasteiger partial charge in [0.25, 0.3) is 0 Å². The van der Waals surface area contributed by atoms with E-state index in [9.17, 15) is 0 Å². The van der Waals surface area contributed by atoms with Crippen LogP contribution in [-0.2, 0) is 0 Å². The van der Waals surface area contributed by atoms with Gasteiger partial charge in [-0.2, -0.15) is 0 Å². The summed E-state index contributed by atoms with van der Waals surface area (Å²) in [7, 11) is 0. The third kappa shape index (κ3) is 3.19. The van der Waals surface area contributed by atoms with E-state index in [0.29, 0.717) is 0 Å². The Bertz CT molecular complexity index is 948. The summed E-state index contributed by atoms with van der Waals surface area (Å²) < 4.78 is 0. The maximum Gasteiger partial charge on any atom is -0.00989 e. The highest BCUT2D eigenvalue weighted by molar-refractivity contribution is 6.13. The van der Waals surface area contributed by atoms with Crippen molar-refractivity contribution < 1.29 is 0 Å². The van der Waals surface area contributed by atoms with E-state index in [1.165, 1.54) is 38.2 Å². The van der Waals surface area contributed by atoms with Crippen molar-refractivity contribution in [1.82, 2.24) is 0 Å². The average Bonchev–Trinajstić information content (AvgIpc) is 2.63. The van der Waals surface area contributed by atoms with E-state index in [-0.39, 0.29) is 7.43 Å². The first-order valence-electron chi connectivity index (χ1n) is 8.30. The minimum Gasteiger partial charge on any atom is -0.0776 e. The SMILES string of the molecule is C.CC.Cc1cccc(-c2cc3ccccc3c3ccccc23)c1. The number of hydrogen-bond donors (Lipinski definition) is 0. The molecule has 0 aromatic heterocycles. The van der Waals surface area contributed by atoms with Gasteiger partial charge < -0.3 is 0 Å². The number of fused-ring (bicyclic) bond motifs is 3. The highest BCUT2D eigenvalue weighted by Gasteiger charge is 2.07. The molecule has 0 heteroatoms. The van der Waals surface area contributed by atoms with Gasteiger partial charge in [0.15, 0.2) is 0 Å². The standard InChI is InChI=1S/C21H16.C2H6.CH4/c1-15-7-6-9-16(13-15)21-14-17-8-2-3-10-18(17)19-11-4-5-12-20(19)21;1-2;/h2-14H,1H3;1-2H3;1H4. The van der Waals surface area contributed by atoms with Gasteiger partial charge >= 0.3 is 0 Å². The van der Waals surface area contributed by atoms with Crippen molar-refractivity contribution in [2.75, 3.05) is 0 Å². The van der Waals surface area contributed by atoms with Gasteiger partial charge in [0.05, 0.1) is 0 Å². The Morgan fingerprint density at radius 3 is 1.92 bits per heavy atom. The van der Waals surface area contributed by atoms with Gasteiger partial charge in [-0.15, -0.1) is 0 Å². The Labute approximate surface area is 145 Å². The van der Waals surface area contributed by atoms with E-state index < -0.39 is 0 Å². The summed E-state index contributed by atoms with van der Waals surface area (Å²) in [4.78, 5) is 0. The molecule has 4 aromatic rings. The van der Waals surface area contributed by atoms with Crippen LogP contribution in [0.4, 0.5) is 0 Å². The fourth-order valence-corrected chi connectivity index (χ4v) is 3.11. The molecule has 0 spiro atoms. The smallest absolute Gasteiger partial charge is 0.00989 e. The second kappa shape index (κ2) is 7.79. The lowest BCUT2D eigenvalue weighted by molar-refractivity contribution is 1.47. The topological polar surface area (TPSA) is 0 Å². The number of aryl methyl sites for hydroxylation is 1. The molecule has 0 aliphatic carbocycles. The fourth-order valence-electron chi connectivity index (χ4n) is 3.11. The monoisotopic (exact) mass is 314 g/mol. The molecule has 0 fully saturated rings. The number of hydrogen-bond acceptors (Lipinski definition) is 0. The summed E-state index contributed by atoms with van der Waals surface area (Å²) in [6.07, 6.45) is 0. The van der Waals surface area contributed by atoms with Crippen LogP contribution in [-0.4, -0.2) is 0 Å². The fraction of sp³-hybridized carbons (Fsp3) is 0.167. The first-order chi connectivity index (χ1) is 11.3. The summed E-state index contributed by atoms with van der Waals surface area (Å²) in [5.41, 5.74) is 3.90. The first kappa shape index (κ1) is 17.7.